The highest BCUT2D eigenvalue weighted by Crippen LogP contribution is 2.17. The second kappa shape index (κ2) is 6.19. The molecule has 2 aromatic rings. The lowest BCUT2D eigenvalue weighted by Crippen LogP contribution is -2.46. The minimum atomic E-state index is -0.180. The molecule has 0 aliphatic carbocycles. The van der Waals surface area contributed by atoms with Crippen LogP contribution in [-0.2, 0) is 13.2 Å². The van der Waals surface area contributed by atoms with Crippen LogP contribution in [0.2, 0.25) is 0 Å². The van der Waals surface area contributed by atoms with Crippen LogP contribution in [0, 0.1) is 0 Å². The molecule has 0 radical (unpaired) electrons. The molecular formula is C16H19N3O3. The minimum absolute atomic E-state index is 0.0378. The topological polar surface area (TPSA) is 67.6 Å². The summed E-state index contributed by atoms with van der Waals surface area (Å²) >= 11 is 0. The minimum Gasteiger partial charge on any atom is -0.487 e. The zero-order valence-electron chi connectivity index (χ0n) is 12.5. The molecule has 1 aromatic carbocycles. The number of para-hydroxylation sites is 1. The van der Waals surface area contributed by atoms with Crippen molar-refractivity contribution in [1.82, 2.24) is 14.7 Å². The second-order valence-electron chi connectivity index (χ2n) is 5.38. The summed E-state index contributed by atoms with van der Waals surface area (Å²) in [4.78, 5) is 14.1. The normalized spacial score (nSPS) is 15.5. The van der Waals surface area contributed by atoms with Crippen molar-refractivity contribution in [2.24, 2.45) is 0 Å². The zero-order chi connectivity index (χ0) is 15.5. The Morgan fingerprint density at radius 2 is 2.09 bits per heavy atom. The summed E-state index contributed by atoms with van der Waals surface area (Å²) in [5, 5.41) is 13.6. The molecule has 6 nitrogen and oxygen atoms in total. The van der Waals surface area contributed by atoms with Crippen LogP contribution in [-0.4, -0.2) is 44.9 Å². The molecule has 0 saturated carbocycles. The quantitative estimate of drug-likeness (QED) is 0.904. The Bertz CT molecular complexity index is 654. The molecule has 1 atom stereocenters. The van der Waals surface area contributed by atoms with Crippen molar-refractivity contribution in [2.75, 3.05) is 13.2 Å². The maximum atomic E-state index is 12.4. The van der Waals surface area contributed by atoms with Gasteiger partial charge in [0.15, 0.2) is 0 Å². The number of carbonyl (C=O) groups is 1. The molecule has 1 unspecified atom stereocenters. The van der Waals surface area contributed by atoms with E-state index >= 15 is 0 Å². The Morgan fingerprint density at radius 3 is 2.82 bits per heavy atom. The van der Waals surface area contributed by atoms with E-state index in [1.165, 1.54) is 0 Å². The van der Waals surface area contributed by atoms with Gasteiger partial charge in [0.1, 0.15) is 23.7 Å². The van der Waals surface area contributed by atoms with Gasteiger partial charge in [-0.3, -0.25) is 9.48 Å². The Labute approximate surface area is 128 Å². The second-order valence-corrected chi connectivity index (χ2v) is 5.38. The molecule has 3 rings (SSSR count). The lowest BCUT2D eigenvalue weighted by atomic mass is 10.2. The third-order valence-corrected chi connectivity index (χ3v) is 3.79. The van der Waals surface area contributed by atoms with Gasteiger partial charge in [-0.05, 0) is 25.1 Å². The molecule has 1 aliphatic rings. The Hall–Kier alpha value is -2.34. The van der Waals surface area contributed by atoms with Crippen LogP contribution < -0.4 is 4.74 Å². The molecular weight excluding hydrogens is 282 g/mol. The lowest BCUT2D eigenvalue weighted by molar-refractivity contribution is 0.0548. The number of nitrogens with zero attached hydrogens (tertiary/aromatic N) is 3. The first kappa shape index (κ1) is 14.6. The average molecular weight is 301 g/mol. The first-order valence-corrected chi connectivity index (χ1v) is 7.35. The van der Waals surface area contributed by atoms with E-state index in [4.69, 9.17) is 4.74 Å². The van der Waals surface area contributed by atoms with Gasteiger partial charge in [-0.25, -0.2) is 0 Å². The average Bonchev–Trinajstić information content (AvgIpc) is 2.98. The predicted octanol–water partition coefficient (Wildman–Crippen LogP) is 1.30. The van der Waals surface area contributed by atoms with Gasteiger partial charge in [0.05, 0.1) is 19.2 Å². The van der Waals surface area contributed by atoms with Gasteiger partial charge < -0.3 is 14.7 Å². The SMILES string of the molecule is CC(CO)N1CCn2nc(COc3ccccc3)cc2C1=O. The monoisotopic (exact) mass is 301 g/mol. The summed E-state index contributed by atoms with van der Waals surface area (Å²) in [7, 11) is 0. The van der Waals surface area contributed by atoms with Crippen molar-refractivity contribution < 1.29 is 14.6 Å². The summed E-state index contributed by atoms with van der Waals surface area (Å²) in [5.41, 5.74) is 1.28. The highest BCUT2D eigenvalue weighted by Gasteiger charge is 2.29. The van der Waals surface area contributed by atoms with Crippen molar-refractivity contribution in [3.8, 4) is 5.75 Å². The number of amides is 1. The van der Waals surface area contributed by atoms with E-state index in [0.29, 0.717) is 25.4 Å². The van der Waals surface area contributed by atoms with Gasteiger partial charge in [0, 0.05) is 6.54 Å². The number of aliphatic hydroxyl groups is 1. The molecule has 6 heteroatoms. The van der Waals surface area contributed by atoms with E-state index in [-0.39, 0.29) is 18.6 Å². The summed E-state index contributed by atoms with van der Waals surface area (Å²) in [6.07, 6.45) is 0. The highest BCUT2D eigenvalue weighted by molar-refractivity contribution is 5.93. The number of hydrogen-bond donors (Lipinski definition) is 1. The zero-order valence-corrected chi connectivity index (χ0v) is 12.5. The van der Waals surface area contributed by atoms with Crippen LogP contribution >= 0.6 is 0 Å². The van der Waals surface area contributed by atoms with Crippen LogP contribution in [0.1, 0.15) is 23.1 Å². The molecule has 1 aliphatic heterocycles. The molecule has 0 saturated heterocycles. The van der Waals surface area contributed by atoms with E-state index in [1.807, 2.05) is 37.3 Å². The number of carbonyl (C=O) groups excluding carboxylic acids is 1. The summed E-state index contributed by atoms with van der Waals surface area (Å²) in [6, 6.07) is 11.1. The predicted molar refractivity (Wildman–Crippen MR) is 80.6 cm³/mol. The molecule has 0 bridgehead atoms. The number of fused-ring (bicyclic) bond motifs is 1. The van der Waals surface area contributed by atoms with Crippen molar-refractivity contribution in [2.45, 2.75) is 26.1 Å². The van der Waals surface area contributed by atoms with Crippen molar-refractivity contribution >= 4 is 5.91 Å². The molecule has 1 N–H and O–H groups in total. The maximum absolute atomic E-state index is 12.4. The third-order valence-electron chi connectivity index (χ3n) is 3.79. The third kappa shape index (κ3) is 2.82. The molecule has 1 amide bonds. The van der Waals surface area contributed by atoms with Crippen LogP contribution in [0.15, 0.2) is 36.4 Å². The summed E-state index contributed by atoms with van der Waals surface area (Å²) in [6.45, 7) is 3.32. The number of hydrogen-bond acceptors (Lipinski definition) is 4. The van der Waals surface area contributed by atoms with Crippen LogP contribution in [0.5, 0.6) is 5.75 Å². The van der Waals surface area contributed by atoms with Crippen LogP contribution in [0.3, 0.4) is 0 Å². The molecule has 0 fully saturated rings. The van der Waals surface area contributed by atoms with Crippen LogP contribution in [0.25, 0.3) is 0 Å². The smallest absolute Gasteiger partial charge is 0.272 e. The first-order chi connectivity index (χ1) is 10.7. The van der Waals surface area contributed by atoms with E-state index in [9.17, 15) is 9.90 Å². The highest BCUT2D eigenvalue weighted by atomic mass is 16.5. The molecule has 2 heterocycles. The number of ether oxygens (including phenoxy) is 1. The van der Waals surface area contributed by atoms with Gasteiger partial charge in [-0.2, -0.15) is 5.10 Å². The van der Waals surface area contributed by atoms with Crippen molar-refractivity contribution in [1.29, 1.82) is 0 Å². The number of aliphatic hydroxyl groups excluding tert-OH is 1. The molecule has 0 spiro atoms. The maximum Gasteiger partial charge on any atom is 0.272 e. The molecule has 1 aromatic heterocycles. The molecule has 22 heavy (non-hydrogen) atoms. The number of rotatable bonds is 5. The van der Waals surface area contributed by atoms with E-state index in [2.05, 4.69) is 5.10 Å². The summed E-state index contributed by atoms with van der Waals surface area (Å²) in [5.74, 6) is 0.682. The molecule has 116 valence electrons. The van der Waals surface area contributed by atoms with Crippen molar-refractivity contribution in [3.05, 3.63) is 47.8 Å². The largest absolute Gasteiger partial charge is 0.487 e. The van der Waals surface area contributed by atoms with E-state index in [0.717, 1.165) is 11.4 Å². The van der Waals surface area contributed by atoms with E-state index in [1.54, 1.807) is 15.6 Å². The Kier molecular flexibility index (Phi) is 4.11. The van der Waals surface area contributed by atoms with Gasteiger partial charge in [0.2, 0.25) is 0 Å². The Balaban J connectivity index is 1.72. The van der Waals surface area contributed by atoms with Gasteiger partial charge >= 0.3 is 0 Å². The fourth-order valence-corrected chi connectivity index (χ4v) is 2.53. The number of benzene rings is 1. The van der Waals surface area contributed by atoms with Gasteiger partial charge in [-0.15, -0.1) is 0 Å². The summed E-state index contributed by atoms with van der Waals surface area (Å²) < 4.78 is 7.37. The van der Waals surface area contributed by atoms with E-state index < -0.39 is 0 Å². The van der Waals surface area contributed by atoms with Crippen LogP contribution in [0.4, 0.5) is 0 Å². The lowest BCUT2D eigenvalue weighted by Gasteiger charge is -2.31. The van der Waals surface area contributed by atoms with Gasteiger partial charge in [-0.1, -0.05) is 18.2 Å². The standard InChI is InChI=1S/C16H19N3O3/c1-12(10-20)18-7-8-19-15(16(18)21)9-13(17-19)11-22-14-5-3-2-4-6-14/h2-6,9,12,20H,7-8,10-11H2,1H3. The fourth-order valence-electron chi connectivity index (χ4n) is 2.53. The Morgan fingerprint density at radius 1 is 1.32 bits per heavy atom. The van der Waals surface area contributed by atoms with Gasteiger partial charge in [0.25, 0.3) is 5.91 Å². The van der Waals surface area contributed by atoms with Crippen molar-refractivity contribution in [3.63, 3.8) is 0 Å². The number of aromatic nitrogens is 2. The first-order valence-electron chi connectivity index (χ1n) is 7.35. The fraction of sp³-hybridized carbons (Fsp3) is 0.375.